The highest BCUT2D eigenvalue weighted by atomic mass is 16.3. The molecule has 1 rings (SSSR count). The predicted octanol–water partition coefficient (Wildman–Crippen LogP) is -0.517. The summed E-state index contributed by atoms with van der Waals surface area (Å²) in [5.41, 5.74) is -0.377. The highest BCUT2D eigenvalue weighted by molar-refractivity contribution is 4.89. The minimum atomic E-state index is -0.377. The molecular formula is C7H15NO2. The van der Waals surface area contributed by atoms with E-state index in [1.165, 1.54) is 0 Å². The van der Waals surface area contributed by atoms with Gasteiger partial charge in [-0.1, -0.05) is 6.42 Å². The topological polar surface area (TPSA) is 52.5 Å². The zero-order chi connectivity index (χ0) is 7.45. The Labute approximate surface area is 61.1 Å². The van der Waals surface area contributed by atoms with Crippen LogP contribution in [-0.4, -0.2) is 35.5 Å². The molecule has 1 saturated heterocycles. The van der Waals surface area contributed by atoms with Crippen molar-refractivity contribution in [1.82, 2.24) is 5.32 Å². The molecule has 0 bridgehead atoms. The van der Waals surface area contributed by atoms with Gasteiger partial charge in [-0.25, -0.2) is 0 Å². The maximum Gasteiger partial charge on any atom is 0.0648 e. The zero-order valence-electron chi connectivity index (χ0n) is 6.14. The summed E-state index contributed by atoms with van der Waals surface area (Å²) in [6, 6.07) is 0. The highest BCUT2D eigenvalue weighted by Gasteiger charge is 2.29. The highest BCUT2D eigenvalue weighted by Crippen LogP contribution is 2.17. The Morgan fingerprint density at radius 3 is 2.20 bits per heavy atom. The van der Waals surface area contributed by atoms with Crippen LogP contribution in [0.3, 0.4) is 0 Å². The van der Waals surface area contributed by atoms with E-state index in [1.807, 2.05) is 0 Å². The summed E-state index contributed by atoms with van der Waals surface area (Å²) in [6.07, 6.45) is 3.15. The standard InChI is InChI=1S/C7H15NO2/c9-5-7(6-10)3-1-2-4-8-7/h8-10H,1-6H2. The Hall–Kier alpha value is -0.120. The summed E-state index contributed by atoms with van der Waals surface area (Å²) in [5, 5.41) is 21.0. The second kappa shape index (κ2) is 3.32. The minimum Gasteiger partial charge on any atom is -0.394 e. The Morgan fingerprint density at radius 1 is 1.20 bits per heavy atom. The van der Waals surface area contributed by atoms with E-state index in [0.717, 1.165) is 25.8 Å². The van der Waals surface area contributed by atoms with E-state index >= 15 is 0 Å². The van der Waals surface area contributed by atoms with Crippen LogP contribution < -0.4 is 5.32 Å². The van der Waals surface area contributed by atoms with Crippen molar-refractivity contribution in [3.8, 4) is 0 Å². The smallest absolute Gasteiger partial charge is 0.0648 e. The fraction of sp³-hybridized carbons (Fsp3) is 1.00. The van der Waals surface area contributed by atoms with Gasteiger partial charge in [-0.2, -0.15) is 0 Å². The van der Waals surface area contributed by atoms with Crippen LogP contribution >= 0.6 is 0 Å². The Balaban J connectivity index is 2.44. The van der Waals surface area contributed by atoms with Gasteiger partial charge >= 0.3 is 0 Å². The summed E-state index contributed by atoms with van der Waals surface area (Å²) in [7, 11) is 0. The summed E-state index contributed by atoms with van der Waals surface area (Å²) >= 11 is 0. The first-order chi connectivity index (χ1) is 4.83. The van der Waals surface area contributed by atoms with Crippen molar-refractivity contribution >= 4 is 0 Å². The largest absolute Gasteiger partial charge is 0.394 e. The van der Waals surface area contributed by atoms with Gasteiger partial charge in [0.2, 0.25) is 0 Å². The molecule has 0 aromatic heterocycles. The second-order valence-corrected chi connectivity index (χ2v) is 2.98. The molecule has 0 radical (unpaired) electrons. The van der Waals surface area contributed by atoms with Gasteiger partial charge in [0, 0.05) is 0 Å². The molecule has 0 aromatic rings. The maximum atomic E-state index is 8.92. The molecule has 1 aliphatic rings. The normalized spacial score (nSPS) is 24.6. The van der Waals surface area contributed by atoms with Gasteiger partial charge in [-0.05, 0) is 19.4 Å². The molecule has 1 fully saturated rings. The third-order valence-electron chi connectivity index (χ3n) is 2.19. The molecule has 10 heavy (non-hydrogen) atoms. The minimum absolute atomic E-state index is 0.0451. The van der Waals surface area contributed by atoms with Crippen molar-refractivity contribution in [3.05, 3.63) is 0 Å². The lowest BCUT2D eigenvalue weighted by molar-refractivity contribution is 0.0702. The third-order valence-corrected chi connectivity index (χ3v) is 2.19. The maximum absolute atomic E-state index is 8.92. The molecule has 1 aliphatic heterocycles. The van der Waals surface area contributed by atoms with E-state index in [1.54, 1.807) is 0 Å². The molecule has 0 amide bonds. The summed E-state index contributed by atoms with van der Waals surface area (Å²) < 4.78 is 0. The molecule has 1 heterocycles. The molecular weight excluding hydrogens is 130 g/mol. The van der Waals surface area contributed by atoms with Crippen LogP contribution in [-0.2, 0) is 0 Å². The van der Waals surface area contributed by atoms with Crippen LogP contribution in [0.4, 0.5) is 0 Å². The van der Waals surface area contributed by atoms with Crippen molar-refractivity contribution in [2.45, 2.75) is 24.8 Å². The number of hydrogen-bond acceptors (Lipinski definition) is 3. The number of nitrogens with one attached hydrogen (secondary N) is 1. The van der Waals surface area contributed by atoms with Gasteiger partial charge in [0.05, 0.1) is 18.8 Å². The summed E-state index contributed by atoms with van der Waals surface area (Å²) in [5.74, 6) is 0. The zero-order valence-corrected chi connectivity index (χ0v) is 6.14. The number of aliphatic hydroxyl groups excluding tert-OH is 2. The lowest BCUT2D eigenvalue weighted by atomic mass is 9.91. The van der Waals surface area contributed by atoms with Crippen LogP contribution in [0.1, 0.15) is 19.3 Å². The molecule has 0 aliphatic carbocycles. The lowest BCUT2D eigenvalue weighted by Gasteiger charge is -2.34. The van der Waals surface area contributed by atoms with Gasteiger partial charge in [-0.3, -0.25) is 0 Å². The van der Waals surface area contributed by atoms with E-state index in [9.17, 15) is 0 Å². The number of hydrogen-bond donors (Lipinski definition) is 3. The molecule has 0 atom stereocenters. The molecule has 3 nitrogen and oxygen atoms in total. The first-order valence-corrected chi connectivity index (χ1v) is 3.80. The van der Waals surface area contributed by atoms with Gasteiger partial charge in [0.1, 0.15) is 0 Å². The fourth-order valence-corrected chi connectivity index (χ4v) is 1.35. The van der Waals surface area contributed by atoms with Gasteiger partial charge < -0.3 is 15.5 Å². The van der Waals surface area contributed by atoms with E-state index in [2.05, 4.69) is 5.32 Å². The molecule has 0 saturated carbocycles. The fourth-order valence-electron chi connectivity index (χ4n) is 1.35. The van der Waals surface area contributed by atoms with Crippen LogP contribution in [0.5, 0.6) is 0 Å². The SMILES string of the molecule is OCC1(CO)CCCCN1. The Kier molecular flexibility index (Phi) is 2.65. The van der Waals surface area contributed by atoms with E-state index in [-0.39, 0.29) is 18.8 Å². The van der Waals surface area contributed by atoms with E-state index in [4.69, 9.17) is 10.2 Å². The monoisotopic (exact) mass is 145 g/mol. The average molecular weight is 145 g/mol. The molecule has 60 valence electrons. The third kappa shape index (κ3) is 1.48. The molecule has 0 spiro atoms. The van der Waals surface area contributed by atoms with Crippen LogP contribution in [0, 0.1) is 0 Å². The van der Waals surface area contributed by atoms with Gasteiger partial charge in [0.25, 0.3) is 0 Å². The number of piperidine rings is 1. The van der Waals surface area contributed by atoms with Crippen LogP contribution in [0.2, 0.25) is 0 Å². The summed E-state index contributed by atoms with van der Waals surface area (Å²) in [4.78, 5) is 0. The first kappa shape index (κ1) is 7.98. The quantitative estimate of drug-likeness (QED) is 0.490. The molecule has 3 heteroatoms. The van der Waals surface area contributed by atoms with Crippen molar-refractivity contribution in [1.29, 1.82) is 0 Å². The Bertz CT molecular complexity index is 93.8. The number of rotatable bonds is 2. The Morgan fingerprint density at radius 2 is 1.90 bits per heavy atom. The van der Waals surface area contributed by atoms with Crippen molar-refractivity contribution in [3.63, 3.8) is 0 Å². The van der Waals surface area contributed by atoms with E-state index in [0.29, 0.717) is 0 Å². The van der Waals surface area contributed by atoms with Crippen LogP contribution in [0.15, 0.2) is 0 Å². The molecule has 3 N–H and O–H groups in total. The average Bonchev–Trinajstić information content (AvgIpc) is 2.06. The van der Waals surface area contributed by atoms with Crippen molar-refractivity contribution in [2.75, 3.05) is 19.8 Å². The first-order valence-electron chi connectivity index (χ1n) is 3.80. The number of aliphatic hydroxyl groups is 2. The predicted molar refractivity (Wildman–Crippen MR) is 38.8 cm³/mol. The van der Waals surface area contributed by atoms with Crippen molar-refractivity contribution < 1.29 is 10.2 Å². The van der Waals surface area contributed by atoms with Crippen molar-refractivity contribution in [2.24, 2.45) is 0 Å². The molecule has 0 unspecified atom stereocenters. The molecule has 0 aromatic carbocycles. The summed E-state index contributed by atoms with van der Waals surface area (Å²) in [6.45, 7) is 1.01. The van der Waals surface area contributed by atoms with Gasteiger partial charge in [0.15, 0.2) is 0 Å². The van der Waals surface area contributed by atoms with Gasteiger partial charge in [-0.15, -0.1) is 0 Å². The van der Waals surface area contributed by atoms with E-state index < -0.39 is 0 Å². The lowest BCUT2D eigenvalue weighted by Crippen LogP contribution is -2.54. The second-order valence-electron chi connectivity index (χ2n) is 2.98. The van der Waals surface area contributed by atoms with Crippen LogP contribution in [0.25, 0.3) is 0 Å².